The molecule has 10 nitrogen and oxygen atoms in total. The molecule has 0 aliphatic carbocycles. The molecule has 1 aromatic heterocycles. The number of amidine groups is 1. The number of rotatable bonds is 9. The van der Waals surface area contributed by atoms with E-state index in [4.69, 9.17) is 15.6 Å². The predicted molar refractivity (Wildman–Crippen MR) is 106 cm³/mol. The molecule has 2 atom stereocenters. The van der Waals surface area contributed by atoms with Crippen molar-refractivity contribution in [2.24, 2.45) is 0 Å². The van der Waals surface area contributed by atoms with E-state index in [9.17, 15) is 19.2 Å². The van der Waals surface area contributed by atoms with Crippen molar-refractivity contribution < 1.29 is 29.4 Å². The van der Waals surface area contributed by atoms with Gasteiger partial charge >= 0.3 is 11.9 Å². The second kappa shape index (κ2) is 9.55. The van der Waals surface area contributed by atoms with Crippen molar-refractivity contribution >= 4 is 62.7 Å². The highest BCUT2D eigenvalue weighted by Gasteiger charge is 2.41. The minimum Gasteiger partial charge on any atom is -0.481 e. The summed E-state index contributed by atoms with van der Waals surface area (Å²) >= 11 is 0. The number of amides is 2. The maximum atomic E-state index is 12.5. The first-order chi connectivity index (χ1) is 13.2. The lowest BCUT2D eigenvalue weighted by atomic mass is 10.3. The molecule has 0 aromatic carbocycles. The summed E-state index contributed by atoms with van der Waals surface area (Å²) in [5, 5.41) is 26.2. The van der Waals surface area contributed by atoms with Crippen LogP contribution in [0.1, 0.15) is 26.2 Å². The number of nitrogens with zero attached hydrogens (tertiary/aromatic N) is 2. The standard InChI is InChI=1S/C16H18N4O6S2/c1-2-11(17)19-8-3-4-12(18-7-8)20-13(21)5-9(15(20)24)27-28-10(16(25)26)6-14(22)23/h3-4,7,9-10H,2,5-6H2,1H3,(H2,17,19)(H,22,23)(H,25,26). The number of nitrogens with one attached hydrogen (secondary N) is 2. The molecule has 1 fully saturated rings. The summed E-state index contributed by atoms with van der Waals surface area (Å²) in [6.45, 7) is 1.82. The largest absolute Gasteiger partial charge is 0.481 e. The second-order valence-electron chi connectivity index (χ2n) is 5.74. The highest BCUT2D eigenvalue weighted by Crippen LogP contribution is 2.39. The molecule has 2 heterocycles. The van der Waals surface area contributed by atoms with Crippen LogP contribution in [0.25, 0.3) is 0 Å². The Morgan fingerprint density at radius 1 is 1.39 bits per heavy atom. The number of carbonyl (C=O) groups excluding carboxylic acids is 2. The third-order valence-electron chi connectivity index (χ3n) is 3.65. The van der Waals surface area contributed by atoms with Crippen LogP contribution in [0.5, 0.6) is 0 Å². The quantitative estimate of drug-likeness (QED) is 0.198. The van der Waals surface area contributed by atoms with Crippen LogP contribution in [0.2, 0.25) is 0 Å². The van der Waals surface area contributed by atoms with Crippen LogP contribution in [0.15, 0.2) is 18.3 Å². The SMILES string of the molecule is CCC(=N)Nc1ccc(N2C(=O)CC(SSC(CC(=O)O)C(=O)O)C2=O)nc1. The maximum Gasteiger partial charge on any atom is 0.318 e. The van der Waals surface area contributed by atoms with E-state index in [1.54, 1.807) is 6.07 Å². The molecule has 12 heteroatoms. The summed E-state index contributed by atoms with van der Waals surface area (Å²) < 4.78 is 0. The molecule has 1 aromatic rings. The van der Waals surface area contributed by atoms with Crippen molar-refractivity contribution in [2.75, 3.05) is 10.2 Å². The van der Waals surface area contributed by atoms with E-state index in [0.29, 0.717) is 17.9 Å². The van der Waals surface area contributed by atoms with Crippen molar-refractivity contribution in [1.29, 1.82) is 5.41 Å². The summed E-state index contributed by atoms with van der Waals surface area (Å²) in [5.41, 5.74) is 0.550. The van der Waals surface area contributed by atoms with E-state index >= 15 is 0 Å². The lowest BCUT2D eigenvalue weighted by molar-refractivity contribution is -0.142. The second-order valence-corrected chi connectivity index (χ2v) is 8.42. The van der Waals surface area contributed by atoms with Gasteiger partial charge in [0.05, 0.1) is 24.1 Å². The van der Waals surface area contributed by atoms with Gasteiger partial charge in [0.1, 0.15) is 16.3 Å². The molecule has 2 amide bonds. The Morgan fingerprint density at radius 3 is 2.64 bits per heavy atom. The van der Waals surface area contributed by atoms with E-state index in [0.717, 1.165) is 26.5 Å². The molecular formula is C16H18N4O6S2. The van der Waals surface area contributed by atoms with Gasteiger partial charge < -0.3 is 15.5 Å². The zero-order valence-electron chi connectivity index (χ0n) is 14.7. The van der Waals surface area contributed by atoms with Crippen LogP contribution in [0.3, 0.4) is 0 Å². The van der Waals surface area contributed by atoms with Crippen molar-refractivity contribution in [3.05, 3.63) is 18.3 Å². The maximum absolute atomic E-state index is 12.5. The monoisotopic (exact) mass is 426 g/mol. The van der Waals surface area contributed by atoms with Gasteiger partial charge in [0.25, 0.3) is 0 Å². The molecule has 1 aliphatic rings. The van der Waals surface area contributed by atoms with Crippen LogP contribution in [0, 0.1) is 5.41 Å². The zero-order valence-corrected chi connectivity index (χ0v) is 16.4. The smallest absolute Gasteiger partial charge is 0.318 e. The van der Waals surface area contributed by atoms with Gasteiger partial charge in [-0.05, 0) is 12.1 Å². The number of carbonyl (C=O) groups is 4. The Morgan fingerprint density at radius 2 is 2.11 bits per heavy atom. The highest BCUT2D eigenvalue weighted by molar-refractivity contribution is 8.77. The Kier molecular flexibility index (Phi) is 7.40. The molecule has 150 valence electrons. The van der Waals surface area contributed by atoms with Gasteiger partial charge in [0, 0.05) is 12.8 Å². The Bertz CT molecular complexity index is 801. The molecule has 1 aliphatic heterocycles. The van der Waals surface area contributed by atoms with E-state index in [1.165, 1.54) is 12.3 Å². The zero-order chi connectivity index (χ0) is 20.8. The van der Waals surface area contributed by atoms with Gasteiger partial charge in [0.15, 0.2) is 0 Å². The van der Waals surface area contributed by atoms with Gasteiger partial charge in [0.2, 0.25) is 11.8 Å². The van der Waals surface area contributed by atoms with Crippen molar-refractivity contribution in [1.82, 2.24) is 4.98 Å². The van der Waals surface area contributed by atoms with Gasteiger partial charge in [-0.15, -0.1) is 0 Å². The number of hydrogen-bond acceptors (Lipinski definition) is 8. The van der Waals surface area contributed by atoms with Crippen LogP contribution < -0.4 is 10.2 Å². The lowest BCUT2D eigenvalue weighted by Gasteiger charge is -2.15. The van der Waals surface area contributed by atoms with Crippen LogP contribution in [-0.2, 0) is 19.2 Å². The fraction of sp³-hybridized carbons (Fsp3) is 0.375. The number of carboxylic acids is 2. The van der Waals surface area contributed by atoms with Crippen LogP contribution in [-0.4, -0.2) is 55.3 Å². The van der Waals surface area contributed by atoms with E-state index in [-0.39, 0.29) is 12.2 Å². The van der Waals surface area contributed by atoms with Crippen molar-refractivity contribution in [3.8, 4) is 0 Å². The predicted octanol–water partition coefficient (Wildman–Crippen LogP) is 1.82. The van der Waals surface area contributed by atoms with Crippen LogP contribution in [0.4, 0.5) is 11.5 Å². The first-order valence-corrected chi connectivity index (χ1v) is 10.4. The molecular weight excluding hydrogens is 408 g/mol. The topological polar surface area (TPSA) is 161 Å². The number of anilines is 2. The summed E-state index contributed by atoms with van der Waals surface area (Å²) in [4.78, 5) is 51.7. The van der Waals surface area contributed by atoms with Crippen molar-refractivity contribution in [3.63, 3.8) is 0 Å². The summed E-state index contributed by atoms with van der Waals surface area (Å²) in [6, 6.07) is 3.07. The number of pyridine rings is 1. The minimum absolute atomic E-state index is 0.127. The molecule has 2 rings (SSSR count). The first-order valence-electron chi connectivity index (χ1n) is 8.17. The number of carboxylic acid groups (broad SMARTS) is 2. The average Bonchev–Trinajstić information content (AvgIpc) is 2.92. The summed E-state index contributed by atoms with van der Waals surface area (Å²) in [7, 11) is 1.63. The molecule has 2 unspecified atom stereocenters. The van der Waals surface area contributed by atoms with E-state index < -0.39 is 40.7 Å². The molecule has 1 saturated heterocycles. The van der Waals surface area contributed by atoms with Crippen molar-refractivity contribution in [2.45, 2.75) is 36.7 Å². The highest BCUT2D eigenvalue weighted by atomic mass is 33.1. The van der Waals surface area contributed by atoms with E-state index in [2.05, 4.69) is 10.3 Å². The first kappa shape index (κ1) is 21.7. The number of aliphatic carboxylic acids is 2. The number of aromatic nitrogens is 1. The van der Waals surface area contributed by atoms with Gasteiger partial charge in [-0.25, -0.2) is 9.88 Å². The molecule has 0 spiro atoms. The Labute approximate surface area is 168 Å². The minimum atomic E-state index is -1.30. The third kappa shape index (κ3) is 5.45. The van der Waals surface area contributed by atoms with Gasteiger partial charge in [-0.3, -0.25) is 24.6 Å². The van der Waals surface area contributed by atoms with E-state index in [1.807, 2.05) is 6.92 Å². The molecule has 0 saturated carbocycles. The molecule has 4 N–H and O–H groups in total. The Balaban J connectivity index is 2.03. The lowest BCUT2D eigenvalue weighted by Crippen LogP contribution is -2.31. The fourth-order valence-electron chi connectivity index (χ4n) is 2.23. The summed E-state index contributed by atoms with van der Waals surface area (Å²) in [5.74, 6) is -3.12. The molecule has 0 bridgehead atoms. The average molecular weight is 426 g/mol. The Hall–Kier alpha value is -2.60. The van der Waals surface area contributed by atoms with Gasteiger partial charge in [-0.2, -0.15) is 0 Å². The summed E-state index contributed by atoms with van der Waals surface area (Å²) in [6.07, 6.45) is 1.20. The molecule has 28 heavy (non-hydrogen) atoms. The number of hydrogen-bond donors (Lipinski definition) is 4. The normalized spacial score (nSPS) is 17.5. The van der Waals surface area contributed by atoms with Crippen LogP contribution >= 0.6 is 21.6 Å². The third-order valence-corrected chi connectivity index (χ3v) is 6.69. The fourth-order valence-corrected chi connectivity index (χ4v) is 4.90. The van der Waals surface area contributed by atoms with Gasteiger partial charge in [-0.1, -0.05) is 28.5 Å². The molecule has 0 radical (unpaired) electrons. The number of imide groups is 1.